The van der Waals surface area contributed by atoms with E-state index in [9.17, 15) is 9.59 Å². The minimum absolute atomic E-state index is 0.0115. The van der Waals surface area contributed by atoms with Gasteiger partial charge in [-0.15, -0.1) is 0 Å². The number of rotatable bonds is 3. The summed E-state index contributed by atoms with van der Waals surface area (Å²) < 4.78 is 0. The Balaban J connectivity index is 1.31. The third-order valence-electron chi connectivity index (χ3n) is 5.96. The summed E-state index contributed by atoms with van der Waals surface area (Å²) in [5.74, 6) is 0.439. The highest BCUT2D eigenvalue weighted by Crippen LogP contribution is 2.37. The average Bonchev–Trinajstić information content (AvgIpc) is 3.06. The van der Waals surface area contributed by atoms with Gasteiger partial charge in [0.05, 0.1) is 5.56 Å². The van der Waals surface area contributed by atoms with Crippen LogP contribution in [0.1, 0.15) is 47.2 Å². The zero-order valence-electron chi connectivity index (χ0n) is 15.6. The molecule has 1 fully saturated rings. The van der Waals surface area contributed by atoms with Crippen LogP contribution in [0.5, 0.6) is 0 Å². The highest BCUT2D eigenvalue weighted by atomic mass is 16.2. The van der Waals surface area contributed by atoms with E-state index in [-0.39, 0.29) is 29.7 Å². The summed E-state index contributed by atoms with van der Waals surface area (Å²) in [5.41, 5.74) is 3.22. The monoisotopic (exact) mass is 363 g/mol. The lowest BCUT2D eigenvalue weighted by molar-refractivity contribution is -0.126. The number of aromatic nitrogens is 1. The summed E-state index contributed by atoms with van der Waals surface area (Å²) in [6, 6.07) is 12.1. The van der Waals surface area contributed by atoms with E-state index in [4.69, 9.17) is 0 Å². The van der Waals surface area contributed by atoms with Gasteiger partial charge in [0.2, 0.25) is 5.91 Å². The molecule has 27 heavy (non-hydrogen) atoms. The second-order valence-electron chi connectivity index (χ2n) is 7.61. The van der Waals surface area contributed by atoms with Crippen molar-refractivity contribution >= 4 is 11.8 Å². The summed E-state index contributed by atoms with van der Waals surface area (Å²) in [6.07, 6.45) is 5.69. The topological polar surface area (TPSA) is 62.3 Å². The van der Waals surface area contributed by atoms with E-state index in [0.717, 1.165) is 19.3 Å². The Morgan fingerprint density at radius 2 is 1.89 bits per heavy atom. The van der Waals surface area contributed by atoms with Crippen molar-refractivity contribution in [1.29, 1.82) is 0 Å². The number of benzene rings is 1. The maximum Gasteiger partial charge on any atom is 0.255 e. The van der Waals surface area contributed by atoms with Crippen LogP contribution >= 0.6 is 0 Å². The van der Waals surface area contributed by atoms with Gasteiger partial charge in [0, 0.05) is 37.4 Å². The van der Waals surface area contributed by atoms with Crippen LogP contribution in [0, 0.1) is 5.92 Å². The molecule has 5 nitrogen and oxygen atoms in total. The second-order valence-corrected chi connectivity index (χ2v) is 7.61. The summed E-state index contributed by atoms with van der Waals surface area (Å²) in [5, 5.41) is 3.24. The van der Waals surface area contributed by atoms with E-state index in [1.54, 1.807) is 24.5 Å². The molecule has 1 aromatic heterocycles. The Bertz CT molecular complexity index is 828. The number of carbonyl (C=O) groups is 2. The summed E-state index contributed by atoms with van der Waals surface area (Å²) in [7, 11) is 0. The molecule has 1 saturated heterocycles. The Labute approximate surface area is 159 Å². The first kappa shape index (κ1) is 17.7. The van der Waals surface area contributed by atoms with Crippen molar-refractivity contribution in [3.8, 4) is 0 Å². The van der Waals surface area contributed by atoms with E-state index >= 15 is 0 Å². The maximum atomic E-state index is 12.8. The molecule has 1 aromatic carbocycles. The number of amides is 2. The summed E-state index contributed by atoms with van der Waals surface area (Å²) in [4.78, 5) is 31.2. The van der Waals surface area contributed by atoms with E-state index in [0.29, 0.717) is 18.7 Å². The van der Waals surface area contributed by atoms with Crippen LogP contribution in [0.15, 0.2) is 48.8 Å². The highest BCUT2D eigenvalue weighted by molar-refractivity contribution is 5.94. The number of fused-ring (bicyclic) bond motifs is 1. The molecule has 2 atom stereocenters. The Morgan fingerprint density at radius 1 is 1.11 bits per heavy atom. The van der Waals surface area contributed by atoms with Gasteiger partial charge in [-0.25, -0.2) is 0 Å². The molecule has 2 unspecified atom stereocenters. The van der Waals surface area contributed by atoms with Gasteiger partial charge in [-0.05, 0) is 48.4 Å². The predicted octanol–water partition coefficient (Wildman–Crippen LogP) is 2.78. The fourth-order valence-corrected chi connectivity index (χ4v) is 4.32. The lowest BCUT2D eigenvalue weighted by Crippen LogP contribution is -2.48. The first-order valence-corrected chi connectivity index (χ1v) is 9.71. The van der Waals surface area contributed by atoms with Gasteiger partial charge in [-0.2, -0.15) is 0 Å². The Hall–Kier alpha value is -2.69. The molecule has 140 valence electrons. The van der Waals surface area contributed by atoms with E-state index < -0.39 is 0 Å². The molecular weight excluding hydrogens is 338 g/mol. The minimum Gasteiger partial charge on any atom is -0.353 e. The average molecular weight is 363 g/mol. The predicted molar refractivity (Wildman–Crippen MR) is 103 cm³/mol. The molecular formula is C22H25N3O2. The lowest BCUT2D eigenvalue weighted by Gasteiger charge is -2.33. The van der Waals surface area contributed by atoms with Crippen LogP contribution in [0.4, 0.5) is 0 Å². The van der Waals surface area contributed by atoms with Crippen molar-refractivity contribution in [2.45, 2.75) is 38.1 Å². The standard InChI is InChI=1S/C22H25N3O2/c1-15-19-7-3-2-5-16(19)13-20(15)21(26)24-18-8-11-25(12-9-18)22(27)17-6-4-10-23-14-17/h2-7,10,14-15,18,20H,8-9,11-13H2,1H3,(H,24,26). The smallest absolute Gasteiger partial charge is 0.255 e. The molecule has 1 aliphatic carbocycles. The quantitative estimate of drug-likeness (QED) is 0.912. The first-order chi connectivity index (χ1) is 13.1. The molecule has 1 aliphatic heterocycles. The van der Waals surface area contributed by atoms with Crippen molar-refractivity contribution in [3.63, 3.8) is 0 Å². The molecule has 2 amide bonds. The SMILES string of the molecule is CC1c2ccccc2CC1C(=O)NC1CCN(C(=O)c2cccnc2)CC1. The van der Waals surface area contributed by atoms with Crippen LogP contribution < -0.4 is 5.32 Å². The number of pyridine rings is 1. The summed E-state index contributed by atoms with van der Waals surface area (Å²) in [6.45, 7) is 3.48. The first-order valence-electron chi connectivity index (χ1n) is 9.71. The normalized spacial score (nSPS) is 22.3. The zero-order chi connectivity index (χ0) is 18.8. The number of hydrogen-bond donors (Lipinski definition) is 1. The van der Waals surface area contributed by atoms with Gasteiger partial charge in [-0.1, -0.05) is 31.2 Å². The molecule has 2 heterocycles. The van der Waals surface area contributed by atoms with Crippen LogP contribution in [0.2, 0.25) is 0 Å². The number of likely N-dealkylation sites (tertiary alicyclic amines) is 1. The van der Waals surface area contributed by atoms with Gasteiger partial charge in [0.1, 0.15) is 0 Å². The molecule has 0 radical (unpaired) electrons. The van der Waals surface area contributed by atoms with Gasteiger partial charge < -0.3 is 10.2 Å². The van der Waals surface area contributed by atoms with Gasteiger partial charge in [0.15, 0.2) is 0 Å². The number of carbonyl (C=O) groups excluding carboxylic acids is 2. The van der Waals surface area contributed by atoms with E-state index in [1.165, 1.54) is 11.1 Å². The van der Waals surface area contributed by atoms with Crippen LogP contribution in [-0.4, -0.2) is 40.8 Å². The van der Waals surface area contributed by atoms with Crippen LogP contribution in [0.3, 0.4) is 0 Å². The lowest BCUT2D eigenvalue weighted by atomic mass is 9.93. The van der Waals surface area contributed by atoms with Crippen molar-refractivity contribution < 1.29 is 9.59 Å². The zero-order valence-corrected chi connectivity index (χ0v) is 15.6. The number of piperidine rings is 1. The van der Waals surface area contributed by atoms with E-state index in [1.807, 2.05) is 17.0 Å². The minimum atomic E-state index is 0.0115. The van der Waals surface area contributed by atoms with Crippen LogP contribution in [0.25, 0.3) is 0 Å². The molecule has 0 spiro atoms. The molecule has 4 rings (SSSR count). The number of nitrogens with zero attached hydrogens (tertiary/aromatic N) is 2. The molecule has 1 N–H and O–H groups in total. The Kier molecular flexibility index (Phi) is 4.92. The number of hydrogen-bond acceptors (Lipinski definition) is 3. The van der Waals surface area contributed by atoms with Gasteiger partial charge in [-0.3, -0.25) is 14.6 Å². The van der Waals surface area contributed by atoms with Gasteiger partial charge >= 0.3 is 0 Å². The fraction of sp³-hybridized carbons (Fsp3) is 0.409. The number of nitrogens with one attached hydrogen (secondary N) is 1. The molecule has 0 saturated carbocycles. The van der Waals surface area contributed by atoms with Crippen molar-refractivity contribution in [2.24, 2.45) is 5.92 Å². The maximum absolute atomic E-state index is 12.8. The molecule has 5 heteroatoms. The van der Waals surface area contributed by atoms with Crippen LogP contribution in [-0.2, 0) is 11.2 Å². The third kappa shape index (κ3) is 3.59. The highest BCUT2D eigenvalue weighted by Gasteiger charge is 2.35. The molecule has 2 aromatic rings. The third-order valence-corrected chi connectivity index (χ3v) is 5.96. The molecule has 2 aliphatic rings. The fourth-order valence-electron chi connectivity index (χ4n) is 4.32. The van der Waals surface area contributed by atoms with E-state index in [2.05, 4.69) is 29.4 Å². The largest absolute Gasteiger partial charge is 0.353 e. The van der Waals surface area contributed by atoms with Crippen molar-refractivity contribution in [1.82, 2.24) is 15.2 Å². The van der Waals surface area contributed by atoms with Crippen molar-refractivity contribution in [3.05, 3.63) is 65.5 Å². The summed E-state index contributed by atoms with van der Waals surface area (Å²) >= 11 is 0. The van der Waals surface area contributed by atoms with Gasteiger partial charge in [0.25, 0.3) is 5.91 Å². The Morgan fingerprint density at radius 3 is 2.59 bits per heavy atom. The van der Waals surface area contributed by atoms with Crippen molar-refractivity contribution in [2.75, 3.05) is 13.1 Å². The second kappa shape index (κ2) is 7.51. The molecule has 0 bridgehead atoms.